The highest BCUT2D eigenvalue weighted by Crippen LogP contribution is 2.32. The molecule has 1 aliphatic carbocycles. The largest absolute Gasteiger partial charge is 0.382 e. The zero-order chi connectivity index (χ0) is 22.1. The smallest absolute Gasteiger partial charge is 0.278 e. The lowest BCUT2D eigenvalue weighted by Crippen LogP contribution is -2.36. The van der Waals surface area contributed by atoms with Gasteiger partial charge in [-0.05, 0) is 36.1 Å². The Hall–Kier alpha value is -3.56. The maximum Gasteiger partial charge on any atom is 0.278 e. The molecule has 1 unspecified atom stereocenters. The molecule has 3 aromatic rings. The van der Waals surface area contributed by atoms with Gasteiger partial charge in [0.15, 0.2) is 11.5 Å². The van der Waals surface area contributed by atoms with Gasteiger partial charge < -0.3 is 26.4 Å². The predicted molar refractivity (Wildman–Crippen MR) is 122 cm³/mol. The molecule has 3 heterocycles. The van der Waals surface area contributed by atoms with Gasteiger partial charge in [-0.1, -0.05) is 12.1 Å². The number of aromatic nitrogens is 3. The van der Waals surface area contributed by atoms with Crippen molar-refractivity contribution in [3.05, 3.63) is 59.7 Å². The highest BCUT2D eigenvalue weighted by atomic mass is 16.5. The minimum absolute atomic E-state index is 0.0752. The Bertz CT molecular complexity index is 1160. The Morgan fingerprint density at radius 2 is 2.03 bits per heavy atom. The van der Waals surface area contributed by atoms with Crippen LogP contribution in [0.1, 0.15) is 34.1 Å². The second kappa shape index (κ2) is 8.52. The van der Waals surface area contributed by atoms with Crippen LogP contribution in [-0.4, -0.2) is 47.2 Å². The normalized spacial score (nSPS) is 17.8. The van der Waals surface area contributed by atoms with E-state index in [0.717, 1.165) is 37.2 Å². The van der Waals surface area contributed by atoms with E-state index in [1.54, 1.807) is 18.6 Å². The summed E-state index contributed by atoms with van der Waals surface area (Å²) >= 11 is 0. The number of nitrogens with zero attached hydrogens (tertiary/aromatic N) is 4. The summed E-state index contributed by atoms with van der Waals surface area (Å²) in [6.07, 6.45) is 6.79. The van der Waals surface area contributed by atoms with Gasteiger partial charge in [0, 0.05) is 30.9 Å². The van der Waals surface area contributed by atoms with E-state index >= 15 is 0 Å². The van der Waals surface area contributed by atoms with Crippen LogP contribution < -0.4 is 21.7 Å². The number of carbonyl (C=O) groups is 1. The van der Waals surface area contributed by atoms with Crippen molar-refractivity contribution in [1.82, 2.24) is 15.0 Å². The number of nitrogens with one attached hydrogen (secondary N) is 1. The average Bonchev–Trinajstić information content (AvgIpc) is 3.20. The molecule has 32 heavy (non-hydrogen) atoms. The zero-order valence-corrected chi connectivity index (χ0v) is 17.6. The maximum atomic E-state index is 13.1. The molecule has 1 amide bonds. The Kier molecular flexibility index (Phi) is 5.42. The Morgan fingerprint density at radius 1 is 1.19 bits per heavy atom. The molecule has 1 aliphatic heterocycles. The third-order valence-electron chi connectivity index (χ3n) is 5.98. The summed E-state index contributed by atoms with van der Waals surface area (Å²) in [5.41, 5.74) is 17.6. The monoisotopic (exact) mass is 431 g/mol. The SMILES string of the molecule is Nc1ncc(-c2ccc3c(c2)CCC3N)nc1C(=O)Nc1cnccc1N1CCOCC1. The van der Waals surface area contributed by atoms with Crippen LogP contribution in [0.4, 0.5) is 17.2 Å². The van der Waals surface area contributed by atoms with Crippen LogP contribution in [0, 0.1) is 0 Å². The van der Waals surface area contributed by atoms with E-state index < -0.39 is 5.91 Å². The van der Waals surface area contributed by atoms with Gasteiger partial charge in [-0.25, -0.2) is 9.97 Å². The van der Waals surface area contributed by atoms with Crippen LogP contribution in [0.5, 0.6) is 0 Å². The van der Waals surface area contributed by atoms with E-state index in [4.69, 9.17) is 16.2 Å². The lowest BCUT2D eigenvalue weighted by atomic mass is 10.0. The van der Waals surface area contributed by atoms with Gasteiger partial charge in [-0.2, -0.15) is 0 Å². The van der Waals surface area contributed by atoms with E-state index in [-0.39, 0.29) is 17.6 Å². The number of anilines is 3. The number of amides is 1. The number of morpholine rings is 1. The van der Waals surface area contributed by atoms with Crippen molar-refractivity contribution in [3.8, 4) is 11.3 Å². The molecule has 0 bridgehead atoms. The third kappa shape index (κ3) is 3.88. The first-order chi connectivity index (χ1) is 15.6. The first-order valence-corrected chi connectivity index (χ1v) is 10.7. The molecule has 1 atom stereocenters. The number of carbonyl (C=O) groups excluding carboxylic acids is 1. The molecule has 1 fully saturated rings. The van der Waals surface area contributed by atoms with Gasteiger partial charge in [0.1, 0.15) is 0 Å². The van der Waals surface area contributed by atoms with Crippen LogP contribution in [0.25, 0.3) is 11.3 Å². The summed E-state index contributed by atoms with van der Waals surface area (Å²) in [4.78, 5) is 28.2. The summed E-state index contributed by atoms with van der Waals surface area (Å²) in [7, 11) is 0. The van der Waals surface area contributed by atoms with Crippen molar-refractivity contribution < 1.29 is 9.53 Å². The van der Waals surface area contributed by atoms with Gasteiger partial charge >= 0.3 is 0 Å². The number of ether oxygens (including phenoxy) is 1. The summed E-state index contributed by atoms with van der Waals surface area (Å²) < 4.78 is 5.43. The molecule has 5 rings (SSSR count). The zero-order valence-electron chi connectivity index (χ0n) is 17.6. The molecule has 9 nitrogen and oxygen atoms in total. The lowest BCUT2D eigenvalue weighted by Gasteiger charge is -2.30. The number of hydrogen-bond acceptors (Lipinski definition) is 8. The minimum atomic E-state index is -0.428. The van der Waals surface area contributed by atoms with Crippen molar-refractivity contribution in [2.45, 2.75) is 18.9 Å². The van der Waals surface area contributed by atoms with Gasteiger partial charge in [0.05, 0.1) is 42.7 Å². The minimum Gasteiger partial charge on any atom is -0.382 e. The molecule has 2 aromatic heterocycles. The van der Waals surface area contributed by atoms with E-state index in [0.29, 0.717) is 24.6 Å². The first kappa shape index (κ1) is 20.3. The lowest BCUT2D eigenvalue weighted by molar-refractivity contribution is 0.102. The quantitative estimate of drug-likeness (QED) is 0.572. The number of nitrogen functional groups attached to an aromatic ring is 1. The van der Waals surface area contributed by atoms with Crippen molar-refractivity contribution in [3.63, 3.8) is 0 Å². The summed E-state index contributed by atoms with van der Waals surface area (Å²) in [5, 5.41) is 2.91. The fourth-order valence-corrected chi connectivity index (χ4v) is 4.26. The topological polar surface area (TPSA) is 132 Å². The molecule has 5 N–H and O–H groups in total. The van der Waals surface area contributed by atoms with E-state index in [1.165, 1.54) is 11.1 Å². The van der Waals surface area contributed by atoms with Crippen LogP contribution in [0.15, 0.2) is 42.9 Å². The summed E-state index contributed by atoms with van der Waals surface area (Å²) in [6, 6.07) is 8.02. The number of fused-ring (bicyclic) bond motifs is 1. The van der Waals surface area contributed by atoms with Crippen LogP contribution >= 0.6 is 0 Å². The molecule has 2 aliphatic rings. The fraction of sp³-hybridized carbons (Fsp3) is 0.304. The van der Waals surface area contributed by atoms with Gasteiger partial charge in [0.25, 0.3) is 5.91 Å². The summed E-state index contributed by atoms with van der Waals surface area (Å²) in [6.45, 7) is 2.77. The molecule has 1 aromatic carbocycles. The number of aryl methyl sites for hydroxylation is 1. The Morgan fingerprint density at radius 3 is 2.88 bits per heavy atom. The van der Waals surface area contributed by atoms with Crippen LogP contribution in [0.3, 0.4) is 0 Å². The number of nitrogens with two attached hydrogens (primary N) is 2. The molecule has 0 spiro atoms. The molecule has 0 radical (unpaired) electrons. The summed E-state index contributed by atoms with van der Waals surface area (Å²) in [5.74, 6) is -0.353. The molecular formula is C23H25N7O2. The van der Waals surface area contributed by atoms with Crippen molar-refractivity contribution in [2.24, 2.45) is 5.73 Å². The van der Waals surface area contributed by atoms with Gasteiger partial charge in [-0.3, -0.25) is 9.78 Å². The Balaban J connectivity index is 1.42. The highest BCUT2D eigenvalue weighted by Gasteiger charge is 2.22. The van der Waals surface area contributed by atoms with E-state index in [1.807, 2.05) is 18.2 Å². The number of hydrogen-bond donors (Lipinski definition) is 3. The predicted octanol–water partition coefficient (Wildman–Crippen LogP) is 2.16. The number of benzene rings is 1. The Labute approximate surface area is 185 Å². The molecule has 0 saturated carbocycles. The standard InChI is InChI=1S/C23H25N7O2/c24-17-4-2-14-11-15(1-3-16(14)17)18-13-27-22(25)21(28-18)23(31)29-19-12-26-6-5-20(19)30-7-9-32-10-8-30/h1,3,5-6,11-13,17H,2,4,7-10,24H2,(H2,25,27)(H,29,31). The van der Waals surface area contributed by atoms with Crippen molar-refractivity contribution in [2.75, 3.05) is 42.3 Å². The number of pyridine rings is 1. The molecular weight excluding hydrogens is 406 g/mol. The van der Waals surface area contributed by atoms with Gasteiger partial charge in [-0.15, -0.1) is 0 Å². The fourth-order valence-electron chi connectivity index (χ4n) is 4.26. The van der Waals surface area contributed by atoms with Crippen molar-refractivity contribution >= 4 is 23.1 Å². The second-order valence-electron chi connectivity index (χ2n) is 7.99. The average molecular weight is 432 g/mol. The molecule has 9 heteroatoms. The first-order valence-electron chi connectivity index (χ1n) is 10.7. The third-order valence-corrected chi connectivity index (χ3v) is 5.98. The van der Waals surface area contributed by atoms with E-state index in [2.05, 4.69) is 31.2 Å². The molecule has 164 valence electrons. The van der Waals surface area contributed by atoms with Gasteiger partial charge in [0.2, 0.25) is 0 Å². The maximum absolute atomic E-state index is 13.1. The van der Waals surface area contributed by atoms with Crippen LogP contribution in [0.2, 0.25) is 0 Å². The highest BCUT2D eigenvalue weighted by molar-refractivity contribution is 6.07. The van der Waals surface area contributed by atoms with Crippen molar-refractivity contribution in [1.29, 1.82) is 0 Å². The number of rotatable bonds is 4. The van der Waals surface area contributed by atoms with E-state index in [9.17, 15) is 4.79 Å². The van der Waals surface area contributed by atoms with Crippen LogP contribution in [-0.2, 0) is 11.2 Å². The second-order valence-corrected chi connectivity index (χ2v) is 7.99. The molecule has 1 saturated heterocycles.